The number of methoxy groups -OCH3 is 2. The number of anilines is 1. The van der Waals surface area contributed by atoms with Crippen LogP contribution in [0.5, 0.6) is 11.5 Å². The van der Waals surface area contributed by atoms with Crippen LogP contribution in [0.15, 0.2) is 30.3 Å². The van der Waals surface area contributed by atoms with Crippen LogP contribution in [0.2, 0.25) is 0 Å². The highest BCUT2D eigenvalue weighted by atomic mass is 16.5. The number of rotatable bonds is 8. The van der Waals surface area contributed by atoms with Crippen molar-refractivity contribution in [2.45, 2.75) is 39.0 Å². The SMILES string of the molecule is CCCC(CC)c1ccc(NC(=O)c2c(OC)cccc2OC)nn1. The molecule has 0 bridgehead atoms. The molecule has 6 heteroatoms. The standard InChI is InChI=1S/C19H25N3O3/c1-5-8-13(6-2)14-11-12-17(22-21-14)20-19(23)18-15(24-3)9-7-10-16(18)25-4/h7,9-13H,5-6,8H2,1-4H3,(H,20,22,23). The summed E-state index contributed by atoms with van der Waals surface area (Å²) < 4.78 is 10.5. The van der Waals surface area contributed by atoms with Gasteiger partial charge in [0.15, 0.2) is 5.82 Å². The molecule has 1 atom stereocenters. The molecule has 0 aliphatic heterocycles. The van der Waals surface area contributed by atoms with Crippen molar-refractivity contribution in [3.05, 3.63) is 41.6 Å². The Hall–Kier alpha value is -2.63. The van der Waals surface area contributed by atoms with Gasteiger partial charge in [0.25, 0.3) is 5.91 Å². The van der Waals surface area contributed by atoms with Gasteiger partial charge in [-0.15, -0.1) is 5.10 Å². The van der Waals surface area contributed by atoms with Crippen molar-refractivity contribution in [1.82, 2.24) is 10.2 Å². The number of benzene rings is 1. The predicted molar refractivity (Wildman–Crippen MR) is 97.5 cm³/mol. The van der Waals surface area contributed by atoms with Gasteiger partial charge < -0.3 is 14.8 Å². The summed E-state index contributed by atoms with van der Waals surface area (Å²) in [5, 5.41) is 11.2. The van der Waals surface area contributed by atoms with Crippen LogP contribution in [-0.4, -0.2) is 30.3 Å². The molecule has 134 valence electrons. The highest BCUT2D eigenvalue weighted by molar-refractivity contribution is 6.07. The van der Waals surface area contributed by atoms with Crippen molar-refractivity contribution in [3.8, 4) is 11.5 Å². The number of aromatic nitrogens is 2. The highest BCUT2D eigenvalue weighted by Crippen LogP contribution is 2.29. The summed E-state index contributed by atoms with van der Waals surface area (Å²) in [4.78, 5) is 12.6. The summed E-state index contributed by atoms with van der Waals surface area (Å²) >= 11 is 0. The molecule has 0 aliphatic rings. The van der Waals surface area contributed by atoms with Gasteiger partial charge in [-0.1, -0.05) is 26.3 Å². The van der Waals surface area contributed by atoms with E-state index in [0.717, 1.165) is 25.0 Å². The maximum absolute atomic E-state index is 12.6. The second-order valence-corrected chi connectivity index (χ2v) is 5.73. The Balaban J connectivity index is 2.19. The van der Waals surface area contributed by atoms with Gasteiger partial charge in [0.05, 0.1) is 19.9 Å². The van der Waals surface area contributed by atoms with Crippen LogP contribution in [0.4, 0.5) is 5.82 Å². The number of hydrogen-bond donors (Lipinski definition) is 1. The van der Waals surface area contributed by atoms with E-state index in [2.05, 4.69) is 29.4 Å². The third-order valence-corrected chi connectivity index (χ3v) is 4.13. The van der Waals surface area contributed by atoms with Crippen molar-refractivity contribution in [2.24, 2.45) is 0 Å². The fourth-order valence-electron chi connectivity index (χ4n) is 2.79. The zero-order chi connectivity index (χ0) is 18.2. The van der Waals surface area contributed by atoms with Crippen LogP contribution in [0.25, 0.3) is 0 Å². The summed E-state index contributed by atoms with van der Waals surface area (Å²) in [6, 6.07) is 8.89. The van der Waals surface area contributed by atoms with E-state index in [1.165, 1.54) is 14.2 Å². The molecule has 0 spiro atoms. The first-order valence-electron chi connectivity index (χ1n) is 8.50. The normalized spacial score (nSPS) is 11.7. The molecule has 25 heavy (non-hydrogen) atoms. The van der Waals surface area contributed by atoms with E-state index in [-0.39, 0.29) is 5.91 Å². The Labute approximate surface area is 148 Å². The first kappa shape index (κ1) is 18.7. The molecule has 0 aliphatic carbocycles. The van der Waals surface area contributed by atoms with E-state index in [9.17, 15) is 4.79 Å². The van der Waals surface area contributed by atoms with Gasteiger partial charge in [-0.3, -0.25) is 4.79 Å². The van der Waals surface area contributed by atoms with E-state index in [1.807, 2.05) is 6.07 Å². The van der Waals surface area contributed by atoms with Crippen LogP contribution in [0, 0.1) is 0 Å². The number of nitrogens with one attached hydrogen (secondary N) is 1. The highest BCUT2D eigenvalue weighted by Gasteiger charge is 2.19. The number of nitrogens with zero attached hydrogens (tertiary/aromatic N) is 2. The molecule has 0 fully saturated rings. The number of carbonyl (C=O) groups excluding carboxylic acids is 1. The van der Waals surface area contributed by atoms with Crippen LogP contribution in [-0.2, 0) is 0 Å². The summed E-state index contributed by atoms with van der Waals surface area (Å²) in [6.45, 7) is 4.30. The molecule has 1 unspecified atom stereocenters. The lowest BCUT2D eigenvalue weighted by Gasteiger charge is -2.14. The monoisotopic (exact) mass is 343 g/mol. The molecule has 0 saturated carbocycles. The van der Waals surface area contributed by atoms with Crippen molar-refractivity contribution >= 4 is 11.7 Å². The molecule has 2 aromatic rings. The van der Waals surface area contributed by atoms with E-state index < -0.39 is 0 Å². The van der Waals surface area contributed by atoms with Gasteiger partial charge in [-0.05, 0) is 37.1 Å². The largest absolute Gasteiger partial charge is 0.496 e. The summed E-state index contributed by atoms with van der Waals surface area (Å²) in [5.41, 5.74) is 1.29. The molecule has 1 amide bonds. The van der Waals surface area contributed by atoms with Gasteiger partial charge in [-0.25, -0.2) is 0 Å². The quantitative estimate of drug-likeness (QED) is 0.783. The maximum atomic E-state index is 12.6. The van der Waals surface area contributed by atoms with Crippen LogP contribution in [0.3, 0.4) is 0 Å². The van der Waals surface area contributed by atoms with Crippen molar-refractivity contribution < 1.29 is 14.3 Å². The third kappa shape index (κ3) is 4.47. The average Bonchev–Trinajstić information content (AvgIpc) is 2.66. The molecular formula is C19H25N3O3. The summed E-state index contributed by atoms with van der Waals surface area (Å²) in [5.74, 6) is 1.33. The van der Waals surface area contributed by atoms with Gasteiger partial charge in [-0.2, -0.15) is 5.10 Å². The van der Waals surface area contributed by atoms with E-state index in [0.29, 0.717) is 28.8 Å². The predicted octanol–water partition coefficient (Wildman–Crippen LogP) is 4.04. The smallest absolute Gasteiger partial charge is 0.264 e. The van der Waals surface area contributed by atoms with Gasteiger partial charge in [0.2, 0.25) is 0 Å². The van der Waals surface area contributed by atoms with Crippen molar-refractivity contribution in [3.63, 3.8) is 0 Å². The second-order valence-electron chi connectivity index (χ2n) is 5.73. The summed E-state index contributed by atoms with van der Waals surface area (Å²) in [6.07, 6.45) is 3.20. The summed E-state index contributed by atoms with van der Waals surface area (Å²) in [7, 11) is 3.03. The molecule has 1 N–H and O–H groups in total. The van der Waals surface area contributed by atoms with Crippen LogP contribution < -0.4 is 14.8 Å². The second kappa shape index (κ2) is 9.01. The minimum absolute atomic E-state index is 0.329. The van der Waals surface area contributed by atoms with Gasteiger partial charge >= 0.3 is 0 Å². The Morgan fingerprint density at radius 3 is 2.24 bits per heavy atom. The fourth-order valence-corrected chi connectivity index (χ4v) is 2.79. The topological polar surface area (TPSA) is 73.3 Å². The van der Waals surface area contributed by atoms with Crippen LogP contribution in [0.1, 0.15) is 55.1 Å². The molecule has 1 aromatic heterocycles. The maximum Gasteiger partial charge on any atom is 0.264 e. The Morgan fingerprint density at radius 1 is 1.08 bits per heavy atom. The number of ether oxygens (including phenoxy) is 2. The Morgan fingerprint density at radius 2 is 1.76 bits per heavy atom. The van der Waals surface area contributed by atoms with Crippen molar-refractivity contribution in [1.29, 1.82) is 0 Å². The molecule has 1 heterocycles. The number of amides is 1. The molecule has 6 nitrogen and oxygen atoms in total. The minimum atomic E-state index is -0.350. The fraction of sp³-hybridized carbons (Fsp3) is 0.421. The zero-order valence-corrected chi connectivity index (χ0v) is 15.2. The first-order valence-corrected chi connectivity index (χ1v) is 8.50. The Kier molecular flexibility index (Phi) is 6.74. The molecule has 0 radical (unpaired) electrons. The molecular weight excluding hydrogens is 318 g/mol. The molecule has 1 aromatic carbocycles. The van der Waals surface area contributed by atoms with E-state index in [1.54, 1.807) is 24.3 Å². The number of carbonyl (C=O) groups is 1. The number of hydrogen-bond acceptors (Lipinski definition) is 5. The lowest BCUT2D eigenvalue weighted by atomic mass is 9.97. The lowest BCUT2D eigenvalue weighted by Crippen LogP contribution is -2.16. The first-order chi connectivity index (χ1) is 12.1. The lowest BCUT2D eigenvalue weighted by molar-refractivity contribution is 0.102. The molecule has 2 rings (SSSR count). The third-order valence-electron chi connectivity index (χ3n) is 4.13. The van der Waals surface area contributed by atoms with Gasteiger partial charge in [0.1, 0.15) is 17.1 Å². The average molecular weight is 343 g/mol. The van der Waals surface area contributed by atoms with E-state index >= 15 is 0 Å². The Bertz CT molecular complexity index is 679. The van der Waals surface area contributed by atoms with E-state index in [4.69, 9.17) is 9.47 Å². The minimum Gasteiger partial charge on any atom is -0.496 e. The van der Waals surface area contributed by atoms with Crippen LogP contribution >= 0.6 is 0 Å². The van der Waals surface area contributed by atoms with Gasteiger partial charge in [0, 0.05) is 5.92 Å². The van der Waals surface area contributed by atoms with Crippen molar-refractivity contribution in [2.75, 3.05) is 19.5 Å². The zero-order valence-electron chi connectivity index (χ0n) is 15.2. The molecule has 0 saturated heterocycles.